The SMILES string of the molecule is CCO/C(=C\Sc1ccccc1)C(C)CCC=C(C)C. The Kier molecular flexibility index (Phi) is 8.20. The van der Waals surface area contributed by atoms with Gasteiger partial charge < -0.3 is 4.74 Å². The van der Waals surface area contributed by atoms with Crippen LogP contribution in [-0.4, -0.2) is 6.61 Å². The van der Waals surface area contributed by atoms with Crippen LogP contribution in [0.15, 0.2) is 58.0 Å². The Morgan fingerprint density at radius 1 is 1.25 bits per heavy atom. The zero-order valence-corrected chi connectivity index (χ0v) is 13.9. The van der Waals surface area contributed by atoms with Crippen LogP contribution in [0.5, 0.6) is 0 Å². The molecule has 0 saturated carbocycles. The zero-order chi connectivity index (χ0) is 14.8. The van der Waals surface area contributed by atoms with Gasteiger partial charge in [0.2, 0.25) is 0 Å². The van der Waals surface area contributed by atoms with Gasteiger partial charge in [-0.25, -0.2) is 0 Å². The highest BCUT2D eigenvalue weighted by Gasteiger charge is 2.09. The molecule has 2 heteroatoms. The first-order valence-electron chi connectivity index (χ1n) is 7.31. The smallest absolute Gasteiger partial charge is 0.105 e. The number of hydrogen-bond donors (Lipinski definition) is 0. The van der Waals surface area contributed by atoms with Gasteiger partial charge in [-0.3, -0.25) is 0 Å². The van der Waals surface area contributed by atoms with Crippen LogP contribution in [0.2, 0.25) is 0 Å². The van der Waals surface area contributed by atoms with Gasteiger partial charge in [0.05, 0.1) is 6.61 Å². The van der Waals surface area contributed by atoms with E-state index in [2.05, 4.69) is 56.5 Å². The number of rotatable bonds is 8. The lowest BCUT2D eigenvalue weighted by molar-refractivity contribution is 0.193. The van der Waals surface area contributed by atoms with Crippen molar-refractivity contribution in [2.75, 3.05) is 6.61 Å². The van der Waals surface area contributed by atoms with E-state index in [0.717, 1.165) is 25.2 Å². The largest absolute Gasteiger partial charge is 0.497 e. The van der Waals surface area contributed by atoms with E-state index in [1.165, 1.54) is 10.5 Å². The molecule has 1 rings (SSSR count). The van der Waals surface area contributed by atoms with Crippen LogP contribution >= 0.6 is 11.8 Å². The molecule has 0 aliphatic rings. The maximum absolute atomic E-state index is 5.80. The molecule has 1 aromatic carbocycles. The Hall–Kier alpha value is -1.15. The predicted octanol–water partition coefficient (Wildman–Crippen LogP) is 6.04. The molecule has 0 aromatic heterocycles. The molecule has 0 amide bonds. The lowest BCUT2D eigenvalue weighted by atomic mass is 10.0. The minimum atomic E-state index is 0.460. The van der Waals surface area contributed by atoms with Gasteiger partial charge in [0.15, 0.2) is 0 Å². The fourth-order valence-corrected chi connectivity index (χ4v) is 2.72. The van der Waals surface area contributed by atoms with Crippen LogP contribution < -0.4 is 0 Å². The van der Waals surface area contributed by atoms with Gasteiger partial charge in [-0.2, -0.15) is 0 Å². The quantitative estimate of drug-likeness (QED) is 0.328. The highest BCUT2D eigenvalue weighted by molar-refractivity contribution is 8.02. The highest BCUT2D eigenvalue weighted by atomic mass is 32.2. The van der Waals surface area contributed by atoms with E-state index in [0.29, 0.717) is 5.92 Å². The Morgan fingerprint density at radius 3 is 2.55 bits per heavy atom. The third-order valence-corrected chi connectivity index (χ3v) is 3.90. The third-order valence-electron chi connectivity index (χ3n) is 3.00. The molecule has 0 N–H and O–H groups in total. The number of ether oxygens (including phenoxy) is 1. The molecule has 0 bridgehead atoms. The fraction of sp³-hybridized carbons (Fsp3) is 0.444. The Balaban J connectivity index is 2.60. The number of hydrogen-bond acceptors (Lipinski definition) is 2. The molecule has 0 saturated heterocycles. The summed E-state index contributed by atoms with van der Waals surface area (Å²) in [7, 11) is 0. The summed E-state index contributed by atoms with van der Waals surface area (Å²) >= 11 is 1.73. The van der Waals surface area contributed by atoms with Crippen LogP contribution in [0.1, 0.15) is 40.5 Å². The highest BCUT2D eigenvalue weighted by Crippen LogP contribution is 2.26. The summed E-state index contributed by atoms with van der Waals surface area (Å²) < 4.78 is 5.80. The molecule has 0 radical (unpaired) electrons. The van der Waals surface area contributed by atoms with Crippen molar-refractivity contribution >= 4 is 11.8 Å². The van der Waals surface area contributed by atoms with Crippen LogP contribution in [-0.2, 0) is 4.74 Å². The molecule has 0 fully saturated rings. The minimum Gasteiger partial charge on any atom is -0.497 e. The molecule has 0 heterocycles. The third kappa shape index (κ3) is 6.85. The van der Waals surface area contributed by atoms with Gasteiger partial charge in [-0.05, 0) is 45.7 Å². The molecular formula is C18H26OS. The average molecular weight is 290 g/mol. The Labute approximate surface area is 128 Å². The molecule has 0 spiro atoms. The van der Waals surface area contributed by atoms with Crippen molar-refractivity contribution in [1.29, 1.82) is 0 Å². The Bertz CT molecular complexity index is 430. The van der Waals surface area contributed by atoms with E-state index in [1.807, 2.05) is 13.0 Å². The van der Waals surface area contributed by atoms with Gasteiger partial charge in [-0.1, -0.05) is 48.5 Å². The Morgan fingerprint density at radius 2 is 1.95 bits per heavy atom. The van der Waals surface area contributed by atoms with Crippen LogP contribution in [0, 0.1) is 5.92 Å². The topological polar surface area (TPSA) is 9.23 Å². The fourth-order valence-electron chi connectivity index (χ4n) is 1.85. The molecule has 1 atom stereocenters. The summed E-state index contributed by atoms with van der Waals surface area (Å²) in [6.07, 6.45) is 4.54. The average Bonchev–Trinajstić information content (AvgIpc) is 2.44. The maximum atomic E-state index is 5.80. The summed E-state index contributed by atoms with van der Waals surface area (Å²) in [5, 5.41) is 2.16. The van der Waals surface area contributed by atoms with Crippen LogP contribution in [0.25, 0.3) is 0 Å². The van der Waals surface area contributed by atoms with Crippen molar-refractivity contribution in [3.05, 3.63) is 53.1 Å². The van der Waals surface area contributed by atoms with E-state index >= 15 is 0 Å². The zero-order valence-electron chi connectivity index (χ0n) is 13.1. The molecule has 1 nitrogen and oxygen atoms in total. The van der Waals surface area contributed by atoms with E-state index < -0.39 is 0 Å². The van der Waals surface area contributed by atoms with E-state index in [9.17, 15) is 0 Å². The van der Waals surface area contributed by atoms with E-state index in [-0.39, 0.29) is 0 Å². The summed E-state index contributed by atoms with van der Waals surface area (Å²) in [4.78, 5) is 1.25. The second-order valence-corrected chi connectivity index (χ2v) is 6.09. The summed E-state index contributed by atoms with van der Waals surface area (Å²) in [5.74, 6) is 1.56. The van der Waals surface area contributed by atoms with Crippen molar-refractivity contribution in [3.63, 3.8) is 0 Å². The van der Waals surface area contributed by atoms with E-state index in [1.54, 1.807) is 11.8 Å². The molecule has 110 valence electrons. The number of thioether (sulfide) groups is 1. The molecule has 1 unspecified atom stereocenters. The van der Waals surface area contributed by atoms with Crippen molar-refractivity contribution < 1.29 is 4.74 Å². The van der Waals surface area contributed by atoms with Gasteiger partial charge in [-0.15, -0.1) is 0 Å². The summed E-state index contributed by atoms with van der Waals surface area (Å²) in [6, 6.07) is 10.4. The van der Waals surface area contributed by atoms with Gasteiger partial charge in [0.25, 0.3) is 0 Å². The van der Waals surface area contributed by atoms with Crippen molar-refractivity contribution in [3.8, 4) is 0 Å². The normalized spacial score (nSPS) is 12.9. The first-order valence-corrected chi connectivity index (χ1v) is 8.19. The number of benzene rings is 1. The summed E-state index contributed by atoms with van der Waals surface area (Å²) in [5.41, 5.74) is 1.39. The van der Waals surface area contributed by atoms with Gasteiger partial charge >= 0.3 is 0 Å². The molecule has 20 heavy (non-hydrogen) atoms. The van der Waals surface area contributed by atoms with Gasteiger partial charge in [0.1, 0.15) is 5.76 Å². The van der Waals surface area contributed by atoms with Crippen LogP contribution in [0.4, 0.5) is 0 Å². The number of allylic oxidation sites excluding steroid dienone is 3. The van der Waals surface area contributed by atoms with Crippen molar-refractivity contribution in [1.82, 2.24) is 0 Å². The predicted molar refractivity (Wildman–Crippen MR) is 89.8 cm³/mol. The first-order chi connectivity index (χ1) is 9.63. The molecule has 0 aliphatic carbocycles. The van der Waals surface area contributed by atoms with E-state index in [4.69, 9.17) is 4.74 Å². The van der Waals surface area contributed by atoms with Crippen molar-refractivity contribution in [2.24, 2.45) is 5.92 Å². The molecule has 0 aliphatic heterocycles. The van der Waals surface area contributed by atoms with Gasteiger partial charge in [0, 0.05) is 16.2 Å². The van der Waals surface area contributed by atoms with Crippen molar-refractivity contribution in [2.45, 2.75) is 45.4 Å². The second-order valence-electron chi connectivity index (χ2n) is 5.14. The second kappa shape index (κ2) is 9.71. The lowest BCUT2D eigenvalue weighted by Gasteiger charge is -2.15. The monoisotopic (exact) mass is 290 g/mol. The first kappa shape index (κ1) is 16.9. The van der Waals surface area contributed by atoms with Crippen LogP contribution in [0.3, 0.4) is 0 Å². The minimum absolute atomic E-state index is 0.460. The lowest BCUT2D eigenvalue weighted by Crippen LogP contribution is -2.03. The maximum Gasteiger partial charge on any atom is 0.105 e. The molecule has 1 aromatic rings. The standard InChI is InChI=1S/C18H26OS/c1-5-19-18(16(4)11-9-10-15(2)3)14-20-17-12-7-6-8-13-17/h6-8,10,12-14,16H,5,9,11H2,1-4H3/b18-14-. The molecular weight excluding hydrogens is 264 g/mol. The summed E-state index contributed by atoms with van der Waals surface area (Å²) in [6.45, 7) is 9.31.